The molecule has 0 aliphatic rings. The van der Waals surface area contributed by atoms with Gasteiger partial charge in [0.25, 0.3) is 0 Å². The summed E-state index contributed by atoms with van der Waals surface area (Å²) >= 11 is 4.54. The Labute approximate surface area is 217 Å². The normalized spacial score (nSPS) is 11.1. The molecule has 0 saturated carbocycles. The monoisotopic (exact) mass is 587 g/mol. The molecule has 0 saturated heterocycles. The third-order valence-corrected chi connectivity index (χ3v) is 6.84. The Bertz CT molecular complexity index is 1230. The first-order valence-electron chi connectivity index (χ1n) is 10.5. The molecule has 36 heavy (non-hydrogen) atoms. The summed E-state index contributed by atoms with van der Waals surface area (Å²) in [6.07, 6.45) is -4.80. The Kier molecular flexibility index (Phi) is 9.21. The van der Waals surface area contributed by atoms with Crippen LogP contribution in [0.2, 0.25) is 0 Å². The fraction of sp³-hybridized carbons (Fsp3) is 0.250. The molecule has 1 heterocycles. The maximum absolute atomic E-state index is 12.7. The zero-order chi connectivity index (χ0) is 26.3. The number of rotatable bonds is 10. The Balaban J connectivity index is 1.85. The minimum Gasteiger partial charge on any atom is -0.479 e. The van der Waals surface area contributed by atoms with Crippen LogP contribution in [-0.4, -0.2) is 38.6 Å². The molecule has 0 unspecified atom stereocenters. The number of carbonyl (C=O) groups excluding carboxylic acids is 2. The Morgan fingerprint density at radius 3 is 2.56 bits per heavy atom. The third kappa shape index (κ3) is 7.14. The SMILES string of the molecule is CCOC(=O)COc1c(C(=O)OC)sc(-c2cccc(NCc3ccccc3OC(F)(F)F)c2)c1Br. The summed E-state index contributed by atoms with van der Waals surface area (Å²) in [7, 11) is 1.23. The molecule has 7 nitrogen and oxygen atoms in total. The topological polar surface area (TPSA) is 83.1 Å². The third-order valence-electron chi connectivity index (χ3n) is 4.63. The number of halogens is 4. The van der Waals surface area contributed by atoms with E-state index in [-0.39, 0.29) is 29.5 Å². The van der Waals surface area contributed by atoms with Crippen LogP contribution in [0.25, 0.3) is 10.4 Å². The molecule has 1 N–H and O–H groups in total. The molecule has 3 rings (SSSR count). The number of anilines is 1. The van der Waals surface area contributed by atoms with Crippen LogP contribution in [0.5, 0.6) is 11.5 Å². The van der Waals surface area contributed by atoms with Gasteiger partial charge in [-0.1, -0.05) is 30.3 Å². The van der Waals surface area contributed by atoms with Gasteiger partial charge in [-0.25, -0.2) is 9.59 Å². The first-order chi connectivity index (χ1) is 17.1. The van der Waals surface area contributed by atoms with Crippen LogP contribution in [0, 0.1) is 0 Å². The van der Waals surface area contributed by atoms with E-state index in [1.54, 1.807) is 37.3 Å². The number of nitrogens with one attached hydrogen (secondary N) is 1. The minimum absolute atomic E-state index is 0.0721. The fourth-order valence-electron chi connectivity index (χ4n) is 3.11. The minimum atomic E-state index is -4.80. The lowest BCUT2D eigenvalue weighted by molar-refractivity contribution is -0.274. The molecule has 3 aromatic rings. The second-order valence-electron chi connectivity index (χ2n) is 7.08. The molecular weight excluding hydrogens is 567 g/mol. The second kappa shape index (κ2) is 12.1. The number of methoxy groups -OCH3 is 1. The highest BCUT2D eigenvalue weighted by Gasteiger charge is 2.32. The number of hydrogen-bond donors (Lipinski definition) is 1. The summed E-state index contributed by atoms with van der Waals surface area (Å²) in [6, 6.07) is 12.9. The number of ether oxygens (including phenoxy) is 4. The van der Waals surface area contributed by atoms with E-state index in [0.717, 1.165) is 11.3 Å². The van der Waals surface area contributed by atoms with Crippen LogP contribution in [0.3, 0.4) is 0 Å². The van der Waals surface area contributed by atoms with Crippen molar-refractivity contribution in [2.45, 2.75) is 19.8 Å². The first-order valence-corrected chi connectivity index (χ1v) is 12.1. The van der Waals surface area contributed by atoms with Crippen LogP contribution in [0.15, 0.2) is 53.0 Å². The van der Waals surface area contributed by atoms with Crippen molar-refractivity contribution in [3.8, 4) is 21.9 Å². The number of carbonyl (C=O) groups is 2. The highest BCUT2D eigenvalue weighted by atomic mass is 79.9. The van der Waals surface area contributed by atoms with Gasteiger partial charge in [-0.15, -0.1) is 24.5 Å². The zero-order valence-electron chi connectivity index (χ0n) is 19.1. The molecule has 0 atom stereocenters. The van der Waals surface area contributed by atoms with Gasteiger partial charge in [0.05, 0.1) is 23.1 Å². The van der Waals surface area contributed by atoms with Crippen molar-refractivity contribution in [3.63, 3.8) is 0 Å². The number of alkyl halides is 3. The number of thiophene rings is 1. The number of hydrogen-bond acceptors (Lipinski definition) is 8. The van der Waals surface area contributed by atoms with Gasteiger partial charge >= 0.3 is 18.3 Å². The van der Waals surface area contributed by atoms with Gasteiger partial charge in [-0.05, 0) is 46.6 Å². The Morgan fingerprint density at radius 1 is 1.11 bits per heavy atom. The highest BCUT2D eigenvalue weighted by molar-refractivity contribution is 9.10. The highest BCUT2D eigenvalue weighted by Crippen LogP contribution is 2.46. The van der Waals surface area contributed by atoms with E-state index in [0.29, 0.717) is 26.2 Å². The van der Waals surface area contributed by atoms with E-state index in [1.165, 1.54) is 25.3 Å². The van der Waals surface area contributed by atoms with Gasteiger partial charge in [0.15, 0.2) is 17.2 Å². The molecule has 0 amide bonds. The van der Waals surface area contributed by atoms with E-state index in [9.17, 15) is 22.8 Å². The van der Waals surface area contributed by atoms with Crippen LogP contribution in [0.4, 0.5) is 18.9 Å². The van der Waals surface area contributed by atoms with Crippen molar-refractivity contribution in [1.82, 2.24) is 0 Å². The van der Waals surface area contributed by atoms with Crippen molar-refractivity contribution >= 4 is 44.9 Å². The standard InChI is InChI=1S/C24H21BrF3NO6S/c1-3-33-18(30)13-34-20-19(25)21(36-22(20)23(31)32-2)14-8-6-9-16(11-14)29-12-15-7-4-5-10-17(15)35-24(26,27)28/h4-11,29H,3,12-13H2,1-2H3. The molecule has 0 aliphatic heterocycles. The average Bonchev–Trinajstić information content (AvgIpc) is 3.17. The summed E-state index contributed by atoms with van der Waals surface area (Å²) in [5.74, 6) is -1.37. The van der Waals surface area contributed by atoms with Crippen LogP contribution >= 0.6 is 27.3 Å². The lowest BCUT2D eigenvalue weighted by Gasteiger charge is -2.14. The van der Waals surface area contributed by atoms with Crippen LogP contribution in [-0.2, 0) is 20.8 Å². The number of para-hydroxylation sites is 1. The predicted molar refractivity (Wildman–Crippen MR) is 131 cm³/mol. The van der Waals surface area contributed by atoms with E-state index in [2.05, 4.69) is 26.0 Å². The van der Waals surface area contributed by atoms with Crippen molar-refractivity contribution in [2.75, 3.05) is 25.6 Å². The Morgan fingerprint density at radius 2 is 1.86 bits per heavy atom. The van der Waals surface area contributed by atoms with Gasteiger partial charge in [-0.2, -0.15) is 0 Å². The maximum atomic E-state index is 12.7. The van der Waals surface area contributed by atoms with Gasteiger partial charge < -0.3 is 24.3 Å². The molecule has 12 heteroatoms. The van der Waals surface area contributed by atoms with Gasteiger partial charge in [0.2, 0.25) is 0 Å². The quantitative estimate of drug-likeness (QED) is 0.274. The molecule has 0 fully saturated rings. The number of esters is 2. The molecule has 0 radical (unpaired) electrons. The lowest BCUT2D eigenvalue weighted by atomic mass is 10.1. The predicted octanol–water partition coefficient (Wildman–Crippen LogP) is 6.42. The van der Waals surface area contributed by atoms with Crippen molar-refractivity contribution in [3.05, 3.63) is 63.4 Å². The van der Waals surface area contributed by atoms with Crippen molar-refractivity contribution in [2.24, 2.45) is 0 Å². The lowest BCUT2D eigenvalue weighted by Crippen LogP contribution is -2.18. The first kappa shape index (κ1) is 27.3. The molecule has 2 aromatic carbocycles. The van der Waals surface area contributed by atoms with E-state index in [4.69, 9.17) is 14.2 Å². The second-order valence-corrected chi connectivity index (χ2v) is 8.89. The fourth-order valence-corrected chi connectivity index (χ4v) is 5.08. The summed E-state index contributed by atoms with van der Waals surface area (Å²) < 4.78 is 57.9. The molecule has 0 spiro atoms. The molecule has 192 valence electrons. The van der Waals surface area contributed by atoms with E-state index >= 15 is 0 Å². The van der Waals surface area contributed by atoms with Crippen LogP contribution < -0.4 is 14.8 Å². The van der Waals surface area contributed by atoms with E-state index in [1.807, 2.05) is 0 Å². The van der Waals surface area contributed by atoms with Crippen molar-refractivity contribution in [1.29, 1.82) is 0 Å². The molecule has 0 bridgehead atoms. The zero-order valence-corrected chi connectivity index (χ0v) is 21.5. The van der Waals surface area contributed by atoms with Gasteiger partial charge in [0.1, 0.15) is 5.75 Å². The molecule has 1 aromatic heterocycles. The summed E-state index contributed by atoms with van der Waals surface area (Å²) in [4.78, 5) is 24.8. The van der Waals surface area contributed by atoms with Gasteiger partial charge in [-0.3, -0.25) is 0 Å². The van der Waals surface area contributed by atoms with Crippen molar-refractivity contribution < 1.29 is 41.7 Å². The smallest absolute Gasteiger partial charge is 0.479 e. The van der Waals surface area contributed by atoms with E-state index < -0.39 is 24.9 Å². The summed E-state index contributed by atoms with van der Waals surface area (Å²) in [5.41, 5.74) is 1.62. The van der Waals surface area contributed by atoms with Crippen LogP contribution in [0.1, 0.15) is 22.2 Å². The number of benzene rings is 2. The molecule has 0 aliphatic carbocycles. The summed E-state index contributed by atoms with van der Waals surface area (Å²) in [5, 5.41) is 3.08. The average molecular weight is 588 g/mol. The maximum Gasteiger partial charge on any atom is 0.573 e. The van der Waals surface area contributed by atoms with Gasteiger partial charge in [0, 0.05) is 17.8 Å². The summed E-state index contributed by atoms with van der Waals surface area (Å²) in [6.45, 7) is 1.53. The molecular formula is C24H21BrF3NO6S. The largest absolute Gasteiger partial charge is 0.573 e. The Hall–Kier alpha value is -3.25.